The van der Waals surface area contributed by atoms with Crippen molar-refractivity contribution in [2.45, 2.75) is 155 Å². The number of hydrogen-bond donors (Lipinski definition) is 0. The summed E-state index contributed by atoms with van der Waals surface area (Å²) >= 11 is 0. The van der Waals surface area contributed by atoms with Gasteiger partial charge >= 0.3 is 23.9 Å². The first kappa shape index (κ1) is 40.6. The number of hydrogen-bond acceptors (Lipinski definition) is 12. The molecule has 0 aromatic heterocycles. The van der Waals surface area contributed by atoms with Crippen LogP contribution in [0.5, 0.6) is 11.5 Å². The van der Waals surface area contributed by atoms with E-state index in [2.05, 4.69) is 59.4 Å². The molecule has 2 fully saturated rings. The smallest absolute Gasteiger partial charge is 0.339 e. The zero-order chi connectivity index (χ0) is 37.8. The molecule has 51 heavy (non-hydrogen) atoms. The normalized spacial score (nSPS) is 26.6. The number of nitrogens with zero attached hydrogens (tertiary/aromatic N) is 1. The van der Waals surface area contributed by atoms with Gasteiger partial charge in [-0.25, -0.2) is 4.79 Å². The second kappa shape index (κ2) is 17.1. The van der Waals surface area contributed by atoms with Crippen LogP contribution in [0, 0.1) is 5.92 Å². The van der Waals surface area contributed by atoms with Gasteiger partial charge < -0.3 is 32.8 Å². The quantitative estimate of drug-likeness (QED) is 0.136. The van der Waals surface area contributed by atoms with E-state index in [-0.39, 0.29) is 16.6 Å². The van der Waals surface area contributed by atoms with Crippen LogP contribution >= 0.6 is 0 Å². The maximum atomic E-state index is 13.2. The zero-order valence-electron chi connectivity index (χ0n) is 32.3. The van der Waals surface area contributed by atoms with Crippen molar-refractivity contribution in [3.8, 4) is 11.5 Å². The number of carbonyl (C=O) groups is 4. The van der Waals surface area contributed by atoms with Crippen LogP contribution in [0.4, 0.5) is 0 Å². The number of ether oxygens (including phenoxy) is 6. The Morgan fingerprint density at radius 1 is 0.863 bits per heavy atom. The lowest BCUT2D eigenvalue weighted by molar-refractivity contribution is -0.282. The molecule has 0 spiro atoms. The summed E-state index contributed by atoms with van der Waals surface area (Å²) in [5.41, 5.74) is 2.89. The van der Waals surface area contributed by atoms with Crippen LogP contribution in [-0.2, 0) is 55.7 Å². The van der Waals surface area contributed by atoms with Crippen molar-refractivity contribution in [1.82, 2.24) is 4.90 Å². The van der Waals surface area contributed by atoms with E-state index >= 15 is 0 Å². The Labute approximate surface area is 304 Å². The third kappa shape index (κ3) is 8.73. The molecule has 0 saturated carbocycles. The molecule has 2 heterocycles. The van der Waals surface area contributed by atoms with Gasteiger partial charge in [0.25, 0.3) is 8.32 Å². The molecule has 2 saturated heterocycles. The molecule has 2 aliphatic heterocycles. The van der Waals surface area contributed by atoms with Gasteiger partial charge in [-0.15, -0.1) is 0 Å². The molecule has 1 aromatic carbocycles. The van der Waals surface area contributed by atoms with Crippen LogP contribution < -0.4 is 9.16 Å². The average molecular weight is 734 g/mol. The van der Waals surface area contributed by atoms with Gasteiger partial charge in [0, 0.05) is 32.4 Å². The number of methoxy groups -OCH3 is 1. The van der Waals surface area contributed by atoms with E-state index in [4.69, 9.17) is 32.8 Å². The summed E-state index contributed by atoms with van der Waals surface area (Å²) in [5.74, 6) is -1.71. The summed E-state index contributed by atoms with van der Waals surface area (Å²) in [6.45, 7) is 21.1. The van der Waals surface area contributed by atoms with Crippen molar-refractivity contribution in [3.05, 3.63) is 23.3 Å². The molecule has 1 aliphatic carbocycles. The average Bonchev–Trinajstić information content (AvgIpc) is 3.04. The molecular formula is C38H59NO11Si. The van der Waals surface area contributed by atoms with E-state index in [1.807, 2.05) is 6.07 Å². The maximum Gasteiger partial charge on any atom is 0.339 e. The minimum atomic E-state index is -2.53. The van der Waals surface area contributed by atoms with Gasteiger partial charge in [-0.05, 0) is 79.4 Å². The highest BCUT2D eigenvalue weighted by Crippen LogP contribution is 2.49. The van der Waals surface area contributed by atoms with Gasteiger partial charge in [-0.1, -0.05) is 54.5 Å². The Balaban J connectivity index is 1.92. The van der Waals surface area contributed by atoms with Crippen LogP contribution in [0.25, 0.3) is 0 Å². The lowest BCUT2D eigenvalue weighted by Gasteiger charge is -2.47. The molecule has 0 bridgehead atoms. The second-order valence-corrected chi connectivity index (χ2v) is 20.5. The summed E-state index contributed by atoms with van der Waals surface area (Å²) in [5, 5.41) is 0. The summed E-state index contributed by atoms with van der Waals surface area (Å²) < 4.78 is 42.3. The molecule has 13 heteroatoms. The van der Waals surface area contributed by atoms with Crippen LogP contribution in [-0.4, -0.2) is 94.0 Å². The minimum Gasteiger partial charge on any atom is -0.540 e. The highest BCUT2D eigenvalue weighted by atomic mass is 28.4. The van der Waals surface area contributed by atoms with E-state index in [9.17, 15) is 19.2 Å². The zero-order valence-corrected chi connectivity index (χ0v) is 33.3. The number of piperidine rings is 1. The van der Waals surface area contributed by atoms with Gasteiger partial charge in [0.2, 0.25) is 12.4 Å². The SMILES string of the molecule is CCCN1CCC[C@@H]2Cc3c(ccc(O[Si](C(C)C)(C(C)C)C(C)C)c3O[C@@H]3O[C@H](C(=O)OC)[C@@H](OC(C)=O)[C@H](OC(C)=O)[C@H]3OC(C)=O)C[C@H]21. The number of benzene rings is 1. The highest BCUT2D eigenvalue weighted by molar-refractivity contribution is 6.78. The van der Waals surface area contributed by atoms with Crippen molar-refractivity contribution in [3.63, 3.8) is 0 Å². The van der Waals surface area contributed by atoms with Gasteiger partial charge in [-0.2, -0.15) is 0 Å². The van der Waals surface area contributed by atoms with E-state index in [0.717, 1.165) is 63.2 Å². The largest absolute Gasteiger partial charge is 0.540 e. The molecule has 286 valence electrons. The van der Waals surface area contributed by atoms with E-state index < -0.39 is 62.9 Å². The number of carbonyl (C=O) groups excluding carboxylic acids is 4. The van der Waals surface area contributed by atoms with Crippen molar-refractivity contribution in [2.75, 3.05) is 20.2 Å². The van der Waals surface area contributed by atoms with E-state index in [0.29, 0.717) is 23.5 Å². The summed E-state index contributed by atoms with van der Waals surface area (Å²) in [6.07, 6.45) is -2.56. The van der Waals surface area contributed by atoms with Gasteiger partial charge in [0.15, 0.2) is 24.1 Å². The first-order chi connectivity index (χ1) is 24.0. The van der Waals surface area contributed by atoms with Crippen molar-refractivity contribution in [2.24, 2.45) is 5.92 Å². The van der Waals surface area contributed by atoms with Crippen molar-refractivity contribution < 1.29 is 52.0 Å². The van der Waals surface area contributed by atoms with Gasteiger partial charge in [0.05, 0.1) is 7.11 Å². The molecular weight excluding hydrogens is 675 g/mol. The first-order valence-electron chi connectivity index (χ1n) is 18.5. The maximum absolute atomic E-state index is 13.2. The van der Waals surface area contributed by atoms with Gasteiger partial charge in [-0.3, -0.25) is 19.3 Å². The highest BCUT2D eigenvalue weighted by Gasteiger charge is 2.56. The molecule has 0 radical (unpaired) electrons. The third-order valence-electron chi connectivity index (χ3n) is 10.8. The number of likely N-dealkylation sites (tertiary alicyclic amines) is 1. The third-order valence-corrected chi connectivity index (χ3v) is 16.8. The molecule has 7 atom stereocenters. The second-order valence-electron chi connectivity index (χ2n) is 15.2. The lowest BCUT2D eigenvalue weighted by Crippen LogP contribution is -2.64. The van der Waals surface area contributed by atoms with E-state index in [1.165, 1.54) is 21.0 Å². The fourth-order valence-electron chi connectivity index (χ4n) is 8.91. The summed E-state index contributed by atoms with van der Waals surface area (Å²) in [7, 11) is -1.36. The molecule has 0 N–H and O–H groups in total. The Bertz CT molecular complexity index is 1390. The van der Waals surface area contributed by atoms with Gasteiger partial charge in [0.1, 0.15) is 5.75 Å². The Kier molecular flexibility index (Phi) is 13.6. The molecule has 0 unspecified atom stereocenters. The number of esters is 4. The number of rotatable bonds is 13. The lowest BCUT2D eigenvalue weighted by atomic mass is 9.75. The van der Waals surface area contributed by atoms with Crippen LogP contribution in [0.3, 0.4) is 0 Å². The summed E-state index contributed by atoms with van der Waals surface area (Å²) in [6, 6.07) is 4.53. The molecule has 3 aliphatic rings. The first-order valence-corrected chi connectivity index (χ1v) is 20.7. The van der Waals surface area contributed by atoms with Crippen molar-refractivity contribution in [1.29, 1.82) is 0 Å². The Hall–Kier alpha value is -3.16. The predicted octanol–water partition coefficient (Wildman–Crippen LogP) is 5.90. The summed E-state index contributed by atoms with van der Waals surface area (Å²) in [4.78, 5) is 53.1. The molecule has 1 aromatic rings. The van der Waals surface area contributed by atoms with E-state index in [1.54, 1.807) is 0 Å². The fraction of sp³-hybridized carbons (Fsp3) is 0.737. The van der Waals surface area contributed by atoms with Crippen molar-refractivity contribution >= 4 is 32.2 Å². The Morgan fingerprint density at radius 2 is 1.45 bits per heavy atom. The van der Waals surface area contributed by atoms with Crippen LogP contribution in [0.15, 0.2) is 12.1 Å². The monoisotopic (exact) mass is 733 g/mol. The molecule has 0 amide bonds. The Morgan fingerprint density at radius 3 is 2.00 bits per heavy atom. The predicted molar refractivity (Wildman–Crippen MR) is 192 cm³/mol. The molecule has 12 nitrogen and oxygen atoms in total. The van der Waals surface area contributed by atoms with Crippen LogP contribution in [0.1, 0.15) is 99.6 Å². The topological polar surface area (TPSA) is 136 Å². The molecule has 4 rings (SSSR count). The fourth-order valence-corrected chi connectivity index (χ4v) is 14.2. The standard InChI is InChI=1S/C38H59NO11Si/c1-12-17-39-18-13-14-28-19-29-27(20-30(28)39)15-16-31(50-51(21(2)3,22(4)5)23(6)7)32(29)48-38-36(47-26(10)42)34(46-25(9)41)33(45-24(8)40)35(49-38)37(43)44-11/h15-16,21-23,28,30,33-36,38H,12-14,17-20H2,1-11H3/t28-,30-,33+,34+,35+,36-,38-/m1/s1. The number of fused-ring (bicyclic) bond motifs is 2. The minimum absolute atomic E-state index is 0.257. The van der Waals surface area contributed by atoms with Crippen LogP contribution in [0.2, 0.25) is 16.6 Å².